The van der Waals surface area contributed by atoms with Crippen LogP contribution in [-0.4, -0.2) is 16.9 Å². The first-order chi connectivity index (χ1) is 9.72. The van der Waals surface area contributed by atoms with Gasteiger partial charge in [-0.15, -0.1) is 0 Å². The van der Waals surface area contributed by atoms with E-state index >= 15 is 0 Å². The largest absolute Gasteiger partial charge is 0.323 e. The summed E-state index contributed by atoms with van der Waals surface area (Å²) >= 11 is 0. The molecule has 2 N–H and O–H groups in total. The topological polar surface area (TPSA) is 54.0 Å². The van der Waals surface area contributed by atoms with E-state index < -0.39 is 0 Å². The minimum atomic E-state index is -0.189. The van der Waals surface area contributed by atoms with Gasteiger partial charge in [0.2, 0.25) is 5.91 Å². The highest BCUT2D eigenvalue weighted by Crippen LogP contribution is 2.17. The molecular formula is C16H17N3O. The van der Waals surface area contributed by atoms with Crippen LogP contribution in [0, 0.1) is 6.92 Å². The fourth-order valence-corrected chi connectivity index (χ4v) is 2.41. The van der Waals surface area contributed by atoms with Gasteiger partial charge in [-0.2, -0.15) is 0 Å². The van der Waals surface area contributed by atoms with Crippen LogP contribution in [0.25, 0.3) is 0 Å². The number of hydrogen-bond donors (Lipinski definition) is 2. The summed E-state index contributed by atoms with van der Waals surface area (Å²) in [4.78, 5) is 16.4. The minimum absolute atomic E-state index is 0.00911. The Morgan fingerprint density at radius 1 is 1.25 bits per heavy atom. The van der Waals surface area contributed by atoms with Crippen molar-refractivity contribution in [2.45, 2.75) is 25.9 Å². The molecule has 0 fully saturated rings. The van der Waals surface area contributed by atoms with Gasteiger partial charge in [-0.05, 0) is 36.6 Å². The maximum absolute atomic E-state index is 12.3. The number of carbonyl (C=O) groups is 1. The van der Waals surface area contributed by atoms with E-state index in [0.29, 0.717) is 0 Å². The van der Waals surface area contributed by atoms with Gasteiger partial charge in [0.1, 0.15) is 0 Å². The lowest BCUT2D eigenvalue weighted by molar-refractivity contribution is -0.118. The first-order valence-electron chi connectivity index (χ1n) is 6.76. The Labute approximate surface area is 118 Å². The van der Waals surface area contributed by atoms with Crippen LogP contribution in [0.2, 0.25) is 0 Å². The quantitative estimate of drug-likeness (QED) is 0.875. The van der Waals surface area contributed by atoms with Gasteiger partial charge in [0.05, 0.1) is 17.9 Å². The van der Waals surface area contributed by atoms with Crippen molar-refractivity contribution in [2.24, 2.45) is 0 Å². The van der Waals surface area contributed by atoms with Crippen molar-refractivity contribution >= 4 is 11.6 Å². The van der Waals surface area contributed by atoms with Gasteiger partial charge in [-0.3, -0.25) is 9.78 Å². The molecule has 0 saturated carbocycles. The lowest BCUT2D eigenvalue weighted by Crippen LogP contribution is -2.44. The molecule has 0 spiro atoms. The first kappa shape index (κ1) is 12.8. The number of anilines is 1. The average molecular weight is 267 g/mol. The van der Waals surface area contributed by atoms with Crippen molar-refractivity contribution in [3.63, 3.8) is 0 Å². The van der Waals surface area contributed by atoms with Crippen molar-refractivity contribution < 1.29 is 4.79 Å². The molecule has 1 aliphatic heterocycles. The normalized spacial score (nSPS) is 17.4. The van der Waals surface area contributed by atoms with Crippen LogP contribution < -0.4 is 10.6 Å². The van der Waals surface area contributed by atoms with E-state index in [2.05, 4.69) is 27.8 Å². The summed E-state index contributed by atoms with van der Waals surface area (Å²) in [7, 11) is 0. The molecule has 1 amide bonds. The number of aryl methyl sites for hydroxylation is 1. The summed E-state index contributed by atoms with van der Waals surface area (Å²) in [5.74, 6) is -0.00911. The van der Waals surface area contributed by atoms with Crippen LogP contribution in [0.15, 0.2) is 42.6 Å². The Morgan fingerprint density at radius 2 is 2.05 bits per heavy atom. The number of hydrogen-bond acceptors (Lipinski definition) is 3. The van der Waals surface area contributed by atoms with Crippen LogP contribution in [0.1, 0.15) is 16.8 Å². The molecule has 0 saturated heterocycles. The zero-order valence-corrected chi connectivity index (χ0v) is 11.4. The monoisotopic (exact) mass is 267 g/mol. The van der Waals surface area contributed by atoms with E-state index in [9.17, 15) is 4.79 Å². The molecule has 4 nitrogen and oxygen atoms in total. The van der Waals surface area contributed by atoms with Crippen LogP contribution in [0.5, 0.6) is 0 Å². The summed E-state index contributed by atoms with van der Waals surface area (Å²) in [5, 5.41) is 6.18. The lowest BCUT2D eigenvalue weighted by Gasteiger charge is -2.25. The number of aromatic nitrogens is 1. The van der Waals surface area contributed by atoms with Gasteiger partial charge < -0.3 is 10.6 Å². The highest BCUT2D eigenvalue weighted by atomic mass is 16.2. The van der Waals surface area contributed by atoms with Gasteiger partial charge in [0.15, 0.2) is 0 Å². The van der Waals surface area contributed by atoms with Gasteiger partial charge in [0.25, 0.3) is 0 Å². The molecule has 1 aromatic heterocycles. The molecule has 20 heavy (non-hydrogen) atoms. The van der Waals surface area contributed by atoms with E-state index in [1.165, 1.54) is 11.1 Å². The molecule has 4 heteroatoms. The zero-order valence-electron chi connectivity index (χ0n) is 11.4. The van der Waals surface area contributed by atoms with Gasteiger partial charge in [-0.25, -0.2) is 0 Å². The van der Waals surface area contributed by atoms with Crippen LogP contribution >= 0.6 is 0 Å². The number of amides is 1. The Bertz CT molecular complexity index is 622. The maximum Gasteiger partial charge on any atom is 0.241 e. The second kappa shape index (κ2) is 5.43. The molecule has 0 radical (unpaired) electrons. The maximum atomic E-state index is 12.3. The Morgan fingerprint density at radius 3 is 2.80 bits per heavy atom. The average Bonchev–Trinajstić information content (AvgIpc) is 2.49. The number of rotatable bonds is 2. The number of nitrogens with one attached hydrogen (secondary N) is 2. The molecule has 0 unspecified atom stereocenters. The zero-order chi connectivity index (χ0) is 13.9. The summed E-state index contributed by atoms with van der Waals surface area (Å²) in [6.07, 6.45) is 2.41. The van der Waals surface area contributed by atoms with Crippen LogP contribution in [0.3, 0.4) is 0 Å². The lowest BCUT2D eigenvalue weighted by atomic mass is 9.95. The predicted octanol–water partition coefficient (Wildman–Crippen LogP) is 2.04. The van der Waals surface area contributed by atoms with E-state index in [1.807, 2.05) is 31.2 Å². The third kappa shape index (κ3) is 2.70. The van der Waals surface area contributed by atoms with Gasteiger partial charge >= 0.3 is 0 Å². The molecule has 1 atom stereocenters. The van der Waals surface area contributed by atoms with Crippen molar-refractivity contribution in [1.29, 1.82) is 0 Å². The Kier molecular flexibility index (Phi) is 3.48. The number of pyridine rings is 1. The molecule has 0 bridgehead atoms. The predicted molar refractivity (Wildman–Crippen MR) is 78.4 cm³/mol. The van der Waals surface area contributed by atoms with E-state index in [4.69, 9.17) is 0 Å². The molecule has 2 heterocycles. The smallest absolute Gasteiger partial charge is 0.241 e. The molecule has 0 aliphatic carbocycles. The SMILES string of the molecule is Cc1ccc(NC(=O)[C@@H]2Cc3ccccc3CN2)cn1. The number of benzene rings is 1. The summed E-state index contributed by atoms with van der Waals surface area (Å²) in [6.45, 7) is 2.66. The Balaban J connectivity index is 1.68. The fourth-order valence-electron chi connectivity index (χ4n) is 2.41. The second-order valence-electron chi connectivity index (χ2n) is 5.08. The van der Waals surface area contributed by atoms with Crippen LogP contribution in [-0.2, 0) is 17.8 Å². The van der Waals surface area contributed by atoms with Gasteiger partial charge in [-0.1, -0.05) is 24.3 Å². The highest BCUT2D eigenvalue weighted by Gasteiger charge is 2.23. The summed E-state index contributed by atoms with van der Waals surface area (Å²) < 4.78 is 0. The molecule has 3 rings (SSSR count). The van der Waals surface area contributed by atoms with Crippen molar-refractivity contribution in [1.82, 2.24) is 10.3 Å². The fraction of sp³-hybridized carbons (Fsp3) is 0.250. The molecule has 2 aromatic rings. The second-order valence-corrected chi connectivity index (χ2v) is 5.08. The van der Waals surface area contributed by atoms with E-state index in [0.717, 1.165) is 24.3 Å². The van der Waals surface area contributed by atoms with Crippen molar-refractivity contribution in [2.75, 3.05) is 5.32 Å². The molecule has 102 valence electrons. The summed E-state index contributed by atoms with van der Waals surface area (Å²) in [6, 6.07) is 11.8. The molecule has 1 aromatic carbocycles. The number of carbonyl (C=O) groups excluding carboxylic acids is 1. The van der Waals surface area contributed by atoms with Crippen LogP contribution in [0.4, 0.5) is 5.69 Å². The third-order valence-corrected chi connectivity index (χ3v) is 3.58. The third-order valence-electron chi connectivity index (χ3n) is 3.58. The van der Waals surface area contributed by atoms with Crippen molar-refractivity contribution in [3.8, 4) is 0 Å². The summed E-state index contributed by atoms with van der Waals surface area (Å²) in [5.41, 5.74) is 4.19. The molecular weight excluding hydrogens is 250 g/mol. The van der Waals surface area contributed by atoms with E-state index in [1.54, 1.807) is 6.20 Å². The number of fused-ring (bicyclic) bond motifs is 1. The first-order valence-corrected chi connectivity index (χ1v) is 6.76. The standard InChI is InChI=1S/C16H17N3O/c1-11-6-7-14(10-17-11)19-16(20)15-8-12-4-2-3-5-13(12)9-18-15/h2-7,10,15,18H,8-9H2,1H3,(H,19,20)/t15-/m0/s1. The van der Waals surface area contributed by atoms with Gasteiger partial charge in [0, 0.05) is 12.2 Å². The Hall–Kier alpha value is -2.20. The number of nitrogens with zero attached hydrogens (tertiary/aromatic N) is 1. The minimum Gasteiger partial charge on any atom is -0.323 e. The van der Waals surface area contributed by atoms with E-state index in [-0.39, 0.29) is 11.9 Å². The highest BCUT2D eigenvalue weighted by molar-refractivity contribution is 5.95. The van der Waals surface area contributed by atoms with Crippen molar-refractivity contribution in [3.05, 3.63) is 59.4 Å². The molecule has 1 aliphatic rings.